The second-order valence-electron chi connectivity index (χ2n) is 5.19. The average molecular weight is 244 g/mol. The van der Waals surface area contributed by atoms with Gasteiger partial charge in [-0.15, -0.1) is 0 Å². The molecule has 0 saturated heterocycles. The van der Waals surface area contributed by atoms with Gasteiger partial charge in [0.15, 0.2) is 0 Å². The summed E-state index contributed by atoms with van der Waals surface area (Å²) < 4.78 is 5.08. The van der Waals surface area contributed by atoms with Crippen molar-refractivity contribution in [3.05, 3.63) is 0 Å². The Kier molecular flexibility index (Phi) is 6.41. The van der Waals surface area contributed by atoms with E-state index in [0.717, 1.165) is 39.0 Å². The van der Waals surface area contributed by atoms with E-state index in [4.69, 9.17) is 4.74 Å². The highest BCUT2D eigenvalue weighted by Gasteiger charge is 2.39. The van der Waals surface area contributed by atoms with Gasteiger partial charge >= 0.3 is 0 Å². The standard InChI is InChI=1S/C13H28N2O2/c1-4-14-13(11-16)7-6-12(10-13)15(2)8-5-9-17-3/h12,14,16H,4-11H2,1-3H3. The van der Waals surface area contributed by atoms with Gasteiger partial charge in [0.05, 0.1) is 6.61 Å². The number of aliphatic hydroxyl groups is 1. The van der Waals surface area contributed by atoms with Crippen molar-refractivity contribution in [2.75, 3.05) is 40.5 Å². The number of nitrogens with zero attached hydrogens (tertiary/aromatic N) is 1. The molecule has 0 bridgehead atoms. The molecule has 2 atom stereocenters. The Labute approximate surface area is 105 Å². The van der Waals surface area contributed by atoms with Crippen LogP contribution in [0.25, 0.3) is 0 Å². The van der Waals surface area contributed by atoms with E-state index in [9.17, 15) is 5.11 Å². The Bertz CT molecular complexity index is 214. The minimum absolute atomic E-state index is 0.0328. The lowest BCUT2D eigenvalue weighted by Crippen LogP contribution is -2.47. The number of hydrogen-bond donors (Lipinski definition) is 2. The lowest BCUT2D eigenvalue weighted by molar-refractivity contribution is 0.143. The number of rotatable bonds is 8. The predicted molar refractivity (Wildman–Crippen MR) is 70.3 cm³/mol. The number of methoxy groups -OCH3 is 1. The van der Waals surface area contributed by atoms with Crippen molar-refractivity contribution in [3.8, 4) is 0 Å². The van der Waals surface area contributed by atoms with E-state index in [1.807, 2.05) is 0 Å². The van der Waals surface area contributed by atoms with Crippen molar-refractivity contribution in [3.63, 3.8) is 0 Å². The zero-order chi connectivity index (χ0) is 12.7. The van der Waals surface area contributed by atoms with Crippen molar-refractivity contribution in [1.29, 1.82) is 0 Å². The molecule has 0 amide bonds. The number of aliphatic hydroxyl groups excluding tert-OH is 1. The minimum Gasteiger partial charge on any atom is -0.394 e. The van der Waals surface area contributed by atoms with E-state index >= 15 is 0 Å². The van der Waals surface area contributed by atoms with Crippen LogP contribution in [-0.4, -0.2) is 62.0 Å². The summed E-state index contributed by atoms with van der Waals surface area (Å²) in [6, 6.07) is 0.595. The van der Waals surface area contributed by atoms with Crippen LogP contribution in [0.5, 0.6) is 0 Å². The van der Waals surface area contributed by atoms with Crippen molar-refractivity contribution in [2.45, 2.75) is 44.2 Å². The molecule has 0 aliphatic heterocycles. The largest absolute Gasteiger partial charge is 0.394 e. The smallest absolute Gasteiger partial charge is 0.0613 e. The van der Waals surface area contributed by atoms with E-state index in [-0.39, 0.29) is 12.1 Å². The first kappa shape index (κ1) is 14.9. The summed E-state index contributed by atoms with van der Waals surface area (Å²) >= 11 is 0. The van der Waals surface area contributed by atoms with Crippen molar-refractivity contribution < 1.29 is 9.84 Å². The Balaban J connectivity index is 2.37. The average Bonchev–Trinajstić information content (AvgIpc) is 2.75. The molecule has 2 N–H and O–H groups in total. The highest BCUT2D eigenvalue weighted by atomic mass is 16.5. The van der Waals surface area contributed by atoms with Crippen molar-refractivity contribution in [1.82, 2.24) is 10.2 Å². The topological polar surface area (TPSA) is 44.7 Å². The first-order chi connectivity index (χ1) is 8.17. The molecule has 0 heterocycles. The molecule has 1 aliphatic rings. The first-order valence-corrected chi connectivity index (χ1v) is 6.72. The van der Waals surface area contributed by atoms with E-state index < -0.39 is 0 Å². The molecule has 0 aromatic heterocycles. The van der Waals surface area contributed by atoms with Gasteiger partial charge < -0.3 is 20.1 Å². The molecule has 0 aromatic rings. The van der Waals surface area contributed by atoms with E-state index in [0.29, 0.717) is 6.04 Å². The second-order valence-corrected chi connectivity index (χ2v) is 5.19. The van der Waals surface area contributed by atoms with E-state index in [2.05, 4.69) is 24.2 Å². The summed E-state index contributed by atoms with van der Waals surface area (Å²) in [5.74, 6) is 0. The Hall–Kier alpha value is -0.160. The van der Waals surface area contributed by atoms with Gasteiger partial charge in [0.25, 0.3) is 0 Å². The molecule has 1 rings (SSSR count). The summed E-state index contributed by atoms with van der Waals surface area (Å²) in [6.45, 7) is 5.19. The molecule has 1 fully saturated rings. The van der Waals surface area contributed by atoms with Crippen LogP contribution < -0.4 is 5.32 Å². The maximum atomic E-state index is 9.56. The summed E-state index contributed by atoms with van der Waals surface area (Å²) in [4.78, 5) is 2.41. The maximum Gasteiger partial charge on any atom is 0.0613 e. The van der Waals surface area contributed by atoms with E-state index in [1.165, 1.54) is 6.42 Å². The van der Waals surface area contributed by atoms with Crippen LogP contribution in [0.4, 0.5) is 0 Å². The van der Waals surface area contributed by atoms with Crippen LogP contribution >= 0.6 is 0 Å². The molecule has 1 aliphatic carbocycles. The van der Waals surface area contributed by atoms with Gasteiger partial charge in [-0.25, -0.2) is 0 Å². The molecule has 0 radical (unpaired) electrons. The van der Waals surface area contributed by atoms with Gasteiger partial charge in [-0.2, -0.15) is 0 Å². The summed E-state index contributed by atoms with van der Waals surface area (Å²) in [5, 5.41) is 13.0. The molecule has 4 nitrogen and oxygen atoms in total. The molecule has 102 valence electrons. The van der Waals surface area contributed by atoms with Crippen LogP contribution in [-0.2, 0) is 4.74 Å². The Morgan fingerprint density at radius 1 is 1.53 bits per heavy atom. The van der Waals surface area contributed by atoms with Crippen LogP contribution in [0, 0.1) is 0 Å². The lowest BCUT2D eigenvalue weighted by atomic mass is 9.98. The van der Waals surface area contributed by atoms with Crippen LogP contribution in [0.15, 0.2) is 0 Å². The third kappa shape index (κ3) is 4.21. The van der Waals surface area contributed by atoms with Crippen molar-refractivity contribution >= 4 is 0 Å². The normalized spacial score (nSPS) is 29.1. The molecule has 1 saturated carbocycles. The molecule has 17 heavy (non-hydrogen) atoms. The molecule has 4 heteroatoms. The van der Waals surface area contributed by atoms with Gasteiger partial charge in [-0.3, -0.25) is 0 Å². The molecule has 0 spiro atoms. The second kappa shape index (κ2) is 7.31. The highest BCUT2D eigenvalue weighted by Crippen LogP contribution is 2.32. The van der Waals surface area contributed by atoms with Crippen molar-refractivity contribution in [2.24, 2.45) is 0 Å². The number of likely N-dealkylation sites (N-methyl/N-ethyl adjacent to an activating group) is 1. The fraction of sp³-hybridized carbons (Fsp3) is 1.00. The molecular weight excluding hydrogens is 216 g/mol. The fourth-order valence-corrected chi connectivity index (χ4v) is 2.85. The van der Waals surface area contributed by atoms with Crippen LogP contribution in [0.2, 0.25) is 0 Å². The van der Waals surface area contributed by atoms with E-state index in [1.54, 1.807) is 7.11 Å². The third-order valence-electron chi connectivity index (χ3n) is 3.92. The zero-order valence-corrected chi connectivity index (χ0v) is 11.5. The molecule has 0 aromatic carbocycles. The SMILES string of the molecule is CCNC1(CO)CCC(N(C)CCCOC)C1. The molecule has 2 unspecified atom stereocenters. The zero-order valence-electron chi connectivity index (χ0n) is 11.5. The maximum absolute atomic E-state index is 9.56. The third-order valence-corrected chi connectivity index (χ3v) is 3.92. The van der Waals surface area contributed by atoms with Gasteiger partial charge in [0, 0.05) is 31.8 Å². The number of ether oxygens (including phenoxy) is 1. The fourth-order valence-electron chi connectivity index (χ4n) is 2.85. The van der Waals surface area contributed by atoms with Gasteiger partial charge in [0.2, 0.25) is 0 Å². The Morgan fingerprint density at radius 3 is 2.88 bits per heavy atom. The quantitative estimate of drug-likeness (QED) is 0.621. The predicted octanol–water partition coefficient (Wildman–Crippen LogP) is 0.848. The molecular formula is C13H28N2O2. The van der Waals surface area contributed by atoms with Gasteiger partial charge in [-0.05, 0) is 39.3 Å². The monoisotopic (exact) mass is 244 g/mol. The van der Waals surface area contributed by atoms with Gasteiger partial charge in [-0.1, -0.05) is 6.92 Å². The Morgan fingerprint density at radius 2 is 2.29 bits per heavy atom. The van der Waals surface area contributed by atoms with Crippen LogP contribution in [0.3, 0.4) is 0 Å². The van der Waals surface area contributed by atoms with Gasteiger partial charge in [0.1, 0.15) is 0 Å². The lowest BCUT2D eigenvalue weighted by Gasteiger charge is -2.30. The minimum atomic E-state index is -0.0328. The summed E-state index contributed by atoms with van der Waals surface area (Å²) in [7, 11) is 3.93. The first-order valence-electron chi connectivity index (χ1n) is 6.72. The number of hydrogen-bond acceptors (Lipinski definition) is 4. The van der Waals surface area contributed by atoms with Crippen LogP contribution in [0.1, 0.15) is 32.6 Å². The highest BCUT2D eigenvalue weighted by molar-refractivity contribution is 4.98. The summed E-state index contributed by atoms with van der Waals surface area (Å²) in [5.41, 5.74) is -0.0328. The number of nitrogens with one attached hydrogen (secondary N) is 1. The summed E-state index contributed by atoms with van der Waals surface area (Å²) in [6.07, 6.45) is 4.39.